The summed E-state index contributed by atoms with van der Waals surface area (Å²) in [6.07, 6.45) is 7.73. The maximum atomic E-state index is 6.35. The van der Waals surface area contributed by atoms with Crippen molar-refractivity contribution >= 4 is 0 Å². The fourth-order valence-corrected chi connectivity index (χ4v) is 5.25. The second kappa shape index (κ2) is 3.48. The van der Waals surface area contributed by atoms with Crippen LogP contribution in [0.3, 0.4) is 0 Å². The van der Waals surface area contributed by atoms with Crippen molar-refractivity contribution in [2.24, 2.45) is 23.7 Å². The summed E-state index contributed by atoms with van der Waals surface area (Å²) in [4.78, 5) is 0. The van der Waals surface area contributed by atoms with Crippen molar-refractivity contribution < 1.29 is 9.47 Å². The summed E-state index contributed by atoms with van der Waals surface area (Å²) in [6, 6.07) is 0. The molecule has 4 rings (SSSR count). The van der Waals surface area contributed by atoms with Crippen molar-refractivity contribution in [1.82, 2.24) is 0 Å². The molecule has 4 fully saturated rings. The Morgan fingerprint density at radius 2 is 1.65 bits per heavy atom. The molecule has 3 saturated heterocycles. The second-order valence-electron chi connectivity index (χ2n) is 6.91. The van der Waals surface area contributed by atoms with Gasteiger partial charge in [0.2, 0.25) is 0 Å². The Balaban J connectivity index is 1.67. The van der Waals surface area contributed by atoms with Gasteiger partial charge in [0.1, 0.15) is 0 Å². The number of ether oxygens (including phenoxy) is 2. The summed E-state index contributed by atoms with van der Waals surface area (Å²) in [5, 5.41) is 0. The summed E-state index contributed by atoms with van der Waals surface area (Å²) >= 11 is 0. The normalized spacial score (nSPS) is 55.4. The van der Waals surface area contributed by atoms with Crippen LogP contribution in [0.2, 0.25) is 0 Å². The Kier molecular flexibility index (Phi) is 2.21. The van der Waals surface area contributed by atoms with Crippen molar-refractivity contribution in [3.05, 3.63) is 0 Å². The molecule has 6 unspecified atom stereocenters. The Morgan fingerprint density at radius 1 is 0.941 bits per heavy atom. The molecule has 3 aliphatic heterocycles. The van der Waals surface area contributed by atoms with E-state index in [-0.39, 0.29) is 5.60 Å². The fourth-order valence-electron chi connectivity index (χ4n) is 5.25. The number of rotatable bonds is 0. The van der Waals surface area contributed by atoms with E-state index in [1.807, 2.05) is 0 Å². The lowest BCUT2D eigenvalue weighted by atomic mass is 9.62. The molecule has 17 heavy (non-hydrogen) atoms. The monoisotopic (exact) mass is 236 g/mol. The lowest BCUT2D eigenvalue weighted by molar-refractivity contribution is -0.0852. The Labute approximate surface area is 104 Å². The van der Waals surface area contributed by atoms with Crippen LogP contribution in [0.25, 0.3) is 0 Å². The van der Waals surface area contributed by atoms with Crippen LogP contribution < -0.4 is 0 Å². The molecule has 2 heteroatoms. The molecule has 1 spiro atoms. The smallest absolute Gasteiger partial charge is 0.0740 e. The molecule has 0 aromatic rings. The predicted molar refractivity (Wildman–Crippen MR) is 65.7 cm³/mol. The molecule has 0 radical (unpaired) electrons. The van der Waals surface area contributed by atoms with Crippen LogP contribution in [0.5, 0.6) is 0 Å². The van der Waals surface area contributed by atoms with Gasteiger partial charge in [0, 0.05) is 11.8 Å². The molecule has 1 aliphatic carbocycles. The van der Waals surface area contributed by atoms with Gasteiger partial charge < -0.3 is 9.47 Å². The van der Waals surface area contributed by atoms with E-state index < -0.39 is 0 Å². The maximum absolute atomic E-state index is 6.35. The second-order valence-corrected chi connectivity index (χ2v) is 6.91. The Hall–Kier alpha value is -0.0800. The van der Waals surface area contributed by atoms with Crippen LogP contribution in [0.1, 0.15) is 46.0 Å². The molecule has 2 bridgehead atoms. The summed E-state index contributed by atoms with van der Waals surface area (Å²) < 4.78 is 12.7. The molecular formula is C15H24O2. The average molecular weight is 236 g/mol. The molecule has 0 N–H and O–H groups in total. The molecule has 2 nitrogen and oxygen atoms in total. The van der Waals surface area contributed by atoms with E-state index in [0.717, 1.165) is 24.4 Å². The van der Waals surface area contributed by atoms with Gasteiger partial charge in [0.05, 0.1) is 24.4 Å². The van der Waals surface area contributed by atoms with Gasteiger partial charge in [-0.2, -0.15) is 0 Å². The average Bonchev–Trinajstić information content (AvgIpc) is 2.96. The molecule has 0 aromatic carbocycles. The highest BCUT2D eigenvalue weighted by atomic mass is 16.5. The van der Waals surface area contributed by atoms with Crippen LogP contribution in [-0.2, 0) is 9.47 Å². The van der Waals surface area contributed by atoms with Gasteiger partial charge >= 0.3 is 0 Å². The zero-order valence-corrected chi connectivity index (χ0v) is 11.0. The molecule has 0 aromatic heterocycles. The van der Waals surface area contributed by atoms with Crippen LogP contribution in [0, 0.1) is 23.7 Å². The van der Waals surface area contributed by atoms with Gasteiger partial charge in [0.25, 0.3) is 0 Å². The predicted octanol–water partition coefficient (Wildman–Crippen LogP) is 3.01. The largest absolute Gasteiger partial charge is 0.374 e. The zero-order chi connectivity index (χ0) is 11.6. The van der Waals surface area contributed by atoms with Crippen LogP contribution in [0.4, 0.5) is 0 Å². The van der Waals surface area contributed by atoms with E-state index in [9.17, 15) is 0 Å². The Bertz CT molecular complexity index is 321. The van der Waals surface area contributed by atoms with Crippen molar-refractivity contribution in [2.45, 2.75) is 63.8 Å². The molecule has 3 heterocycles. The third-order valence-corrected chi connectivity index (χ3v) is 6.29. The van der Waals surface area contributed by atoms with E-state index in [0.29, 0.717) is 18.1 Å². The molecule has 96 valence electrons. The van der Waals surface area contributed by atoms with Gasteiger partial charge in [-0.25, -0.2) is 0 Å². The first-order chi connectivity index (χ1) is 8.23. The van der Waals surface area contributed by atoms with Crippen molar-refractivity contribution in [3.8, 4) is 0 Å². The van der Waals surface area contributed by atoms with E-state index in [2.05, 4.69) is 13.8 Å². The minimum atomic E-state index is 0.219. The maximum Gasteiger partial charge on any atom is 0.0740 e. The lowest BCUT2D eigenvalue weighted by Gasteiger charge is -2.42. The van der Waals surface area contributed by atoms with Gasteiger partial charge in [-0.15, -0.1) is 0 Å². The first-order valence-corrected chi connectivity index (χ1v) is 7.52. The fraction of sp³-hybridized carbons (Fsp3) is 1.00. The number of hydrogen-bond acceptors (Lipinski definition) is 2. The van der Waals surface area contributed by atoms with E-state index in [4.69, 9.17) is 9.47 Å². The van der Waals surface area contributed by atoms with Crippen LogP contribution in [-0.4, -0.2) is 24.4 Å². The zero-order valence-electron chi connectivity index (χ0n) is 11.0. The summed E-state index contributed by atoms with van der Waals surface area (Å²) in [6.45, 7) is 5.74. The SMILES string of the molecule is CC1C(C)C2OC1C1COC3(CCCCC3)C12. The molecular weight excluding hydrogens is 212 g/mol. The van der Waals surface area contributed by atoms with Crippen molar-refractivity contribution in [1.29, 1.82) is 0 Å². The van der Waals surface area contributed by atoms with Crippen molar-refractivity contribution in [2.75, 3.05) is 6.61 Å². The number of hydrogen-bond donors (Lipinski definition) is 0. The topological polar surface area (TPSA) is 18.5 Å². The molecule has 6 atom stereocenters. The van der Waals surface area contributed by atoms with Gasteiger partial charge in [-0.05, 0) is 24.7 Å². The van der Waals surface area contributed by atoms with E-state index in [1.54, 1.807) is 0 Å². The lowest BCUT2D eigenvalue weighted by Crippen LogP contribution is -2.47. The highest BCUT2D eigenvalue weighted by molar-refractivity contribution is 5.13. The molecule has 0 amide bonds. The highest BCUT2D eigenvalue weighted by Gasteiger charge is 2.66. The summed E-state index contributed by atoms with van der Waals surface area (Å²) in [7, 11) is 0. The quantitative estimate of drug-likeness (QED) is 0.643. The summed E-state index contributed by atoms with van der Waals surface area (Å²) in [5.74, 6) is 2.91. The first-order valence-electron chi connectivity index (χ1n) is 7.52. The summed E-state index contributed by atoms with van der Waals surface area (Å²) in [5.41, 5.74) is 0.219. The minimum Gasteiger partial charge on any atom is -0.374 e. The first kappa shape index (κ1) is 10.8. The minimum absolute atomic E-state index is 0.219. The van der Waals surface area contributed by atoms with Crippen molar-refractivity contribution in [3.63, 3.8) is 0 Å². The van der Waals surface area contributed by atoms with Gasteiger partial charge in [-0.3, -0.25) is 0 Å². The third kappa shape index (κ3) is 1.24. The van der Waals surface area contributed by atoms with Crippen LogP contribution >= 0.6 is 0 Å². The van der Waals surface area contributed by atoms with Crippen LogP contribution in [0.15, 0.2) is 0 Å². The standard InChI is InChI=1S/C15H24O2/c1-9-10(2)14-12-11(13(9)17-14)8-16-15(12)6-4-3-5-7-15/h9-14H,3-8H2,1-2H3. The van der Waals surface area contributed by atoms with Gasteiger partial charge in [-0.1, -0.05) is 33.1 Å². The van der Waals surface area contributed by atoms with E-state index in [1.165, 1.54) is 32.1 Å². The van der Waals surface area contributed by atoms with Gasteiger partial charge in [0.15, 0.2) is 0 Å². The molecule has 1 saturated carbocycles. The Morgan fingerprint density at radius 3 is 2.41 bits per heavy atom. The number of fused-ring (bicyclic) bond motifs is 6. The molecule has 4 aliphatic rings. The third-order valence-electron chi connectivity index (χ3n) is 6.29. The highest BCUT2D eigenvalue weighted by Crippen LogP contribution is 2.60. The van der Waals surface area contributed by atoms with E-state index >= 15 is 0 Å².